The Morgan fingerprint density at radius 1 is 1.06 bits per heavy atom. The van der Waals surface area contributed by atoms with Crippen LogP contribution in [0.2, 0.25) is 5.02 Å². The number of carbonyl (C=O) groups excluding carboxylic acids is 1. The van der Waals surface area contributed by atoms with Crippen molar-refractivity contribution in [2.24, 2.45) is 0 Å². The van der Waals surface area contributed by atoms with Crippen LogP contribution in [0.5, 0.6) is 17.2 Å². The molecule has 1 aliphatic rings. The average molecular weight is 474 g/mol. The Hall–Kier alpha value is -3.23. The number of amides is 1. The van der Waals surface area contributed by atoms with E-state index in [1.165, 1.54) is 26.2 Å². The lowest BCUT2D eigenvalue weighted by Gasteiger charge is -2.26. The summed E-state index contributed by atoms with van der Waals surface area (Å²) in [5.74, 6) is 0.718. The lowest BCUT2D eigenvalue weighted by Crippen LogP contribution is -2.31. The van der Waals surface area contributed by atoms with Gasteiger partial charge in [0.05, 0.1) is 38.3 Å². The molecule has 8 nitrogen and oxygen atoms in total. The largest absolute Gasteiger partial charge is 0.493 e. The molecule has 1 atom stereocenters. The van der Waals surface area contributed by atoms with Crippen molar-refractivity contribution in [3.8, 4) is 17.2 Å². The predicted octanol–water partition coefficient (Wildman–Crippen LogP) is 3.71. The van der Waals surface area contributed by atoms with Crippen LogP contribution in [-0.2, 0) is 0 Å². The zero-order chi connectivity index (χ0) is 23.9. The minimum Gasteiger partial charge on any atom is -0.493 e. The lowest BCUT2D eigenvalue weighted by molar-refractivity contribution is 0.0716. The van der Waals surface area contributed by atoms with Crippen molar-refractivity contribution in [3.05, 3.63) is 62.0 Å². The number of benzene rings is 2. The van der Waals surface area contributed by atoms with Crippen LogP contribution in [0.1, 0.15) is 39.7 Å². The lowest BCUT2D eigenvalue weighted by atomic mass is 9.97. The van der Waals surface area contributed by atoms with E-state index in [1.54, 1.807) is 31.2 Å². The number of hydrogen-bond acceptors (Lipinski definition) is 7. The minimum absolute atomic E-state index is 0.0223. The molecule has 9 heteroatoms. The molecule has 1 N–H and O–H groups in total. The van der Waals surface area contributed by atoms with Crippen LogP contribution in [-0.4, -0.2) is 50.4 Å². The second-order valence-corrected chi connectivity index (χ2v) is 8.12. The Kier molecular flexibility index (Phi) is 6.23. The first-order valence-corrected chi connectivity index (χ1v) is 10.7. The molecule has 4 rings (SSSR count). The summed E-state index contributed by atoms with van der Waals surface area (Å²) in [5.41, 5.74) is 1.48. The second kappa shape index (κ2) is 8.96. The van der Waals surface area contributed by atoms with Crippen LogP contribution in [0.15, 0.2) is 33.5 Å². The normalized spacial score (nSPS) is 15.2. The predicted molar refractivity (Wildman–Crippen MR) is 123 cm³/mol. The number of carbonyl (C=O) groups is 1. The monoisotopic (exact) mass is 473 g/mol. The van der Waals surface area contributed by atoms with Gasteiger partial charge in [-0.25, -0.2) is 0 Å². The second-order valence-electron chi connectivity index (χ2n) is 7.71. The van der Waals surface area contributed by atoms with Crippen LogP contribution in [0, 0.1) is 6.92 Å². The summed E-state index contributed by atoms with van der Waals surface area (Å²) >= 11 is 6.27. The summed E-state index contributed by atoms with van der Waals surface area (Å²) < 4.78 is 22.3. The fraction of sp³-hybridized carbons (Fsp3) is 0.333. The maximum absolute atomic E-state index is 13.6. The number of nitrogens with zero attached hydrogens (tertiary/aromatic N) is 1. The number of aliphatic hydroxyl groups excluding tert-OH is 1. The smallest absolute Gasteiger partial charge is 0.290 e. The Morgan fingerprint density at radius 2 is 1.73 bits per heavy atom. The van der Waals surface area contributed by atoms with Gasteiger partial charge in [-0.1, -0.05) is 11.6 Å². The molecular weight excluding hydrogens is 450 g/mol. The van der Waals surface area contributed by atoms with E-state index in [9.17, 15) is 14.7 Å². The van der Waals surface area contributed by atoms with Crippen LogP contribution >= 0.6 is 11.6 Å². The molecule has 0 aliphatic carbocycles. The Balaban J connectivity index is 2.01. The summed E-state index contributed by atoms with van der Waals surface area (Å²) in [5, 5.41) is 10.1. The van der Waals surface area contributed by atoms with E-state index < -0.39 is 11.9 Å². The van der Waals surface area contributed by atoms with Gasteiger partial charge in [0.15, 0.2) is 16.9 Å². The van der Waals surface area contributed by atoms with Crippen molar-refractivity contribution in [2.45, 2.75) is 19.4 Å². The summed E-state index contributed by atoms with van der Waals surface area (Å²) in [6.07, 6.45) is 0.333. The molecule has 0 fully saturated rings. The molecular formula is C24H24ClNO7. The molecule has 2 aromatic carbocycles. The van der Waals surface area contributed by atoms with Gasteiger partial charge in [0.25, 0.3) is 5.91 Å². The highest BCUT2D eigenvalue weighted by molar-refractivity contribution is 6.32. The van der Waals surface area contributed by atoms with Crippen molar-refractivity contribution in [1.29, 1.82) is 0 Å². The topological polar surface area (TPSA) is 98.4 Å². The van der Waals surface area contributed by atoms with Gasteiger partial charge >= 0.3 is 0 Å². The quantitative estimate of drug-likeness (QED) is 0.558. The van der Waals surface area contributed by atoms with E-state index in [1.807, 2.05) is 0 Å². The third-order valence-corrected chi connectivity index (χ3v) is 6.21. The number of aryl methyl sites for hydroxylation is 1. The van der Waals surface area contributed by atoms with Gasteiger partial charge in [0.2, 0.25) is 11.5 Å². The van der Waals surface area contributed by atoms with Crippen molar-refractivity contribution < 1.29 is 28.5 Å². The van der Waals surface area contributed by atoms with Crippen molar-refractivity contribution in [3.63, 3.8) is 0 Å². The van der Waals surface area contributed by atoms with E-state index >= 15 is 0 Å². The Morgan fingerprint density at radius 3 is 2.30 bits per heavy atom. The highest BCUT2D eigenvalue weighted by Gasteiger charge is 2.43. The minimum atomic E-state index is -0.770. The SMILES string of the molecule is COc1cc([C@H]2c3c(oc4cc(C)c(Cl)cc4c3=O)C(=O)N2CCCO)cc(OC)c1OC. The first-order valence-electron chi connectivity index (χ1n) is 10.3. The molecule has 1 aromatic heterocycles. The van der Waals surface area contributed by atoms with Gasteiger partial charge in [-0.2, -0.15) is 0 Å². The summed E-state index contributed by atoms with van der Waals surface area (Å²) in [7, 11) is 4.48. The van der Waals surface area contributed by atoms with Crippen molar-refractivity contribution in [2.75, 3.05) is 34.5 Å². The molecule has 0 spiro atoms. The van der Waals surface area contributed by atoms with Crippen molar-refractivity contribution >= 4 is 28.5 Å². The number of hydrogen-bond donors (Lipinski definition) is 1. The average Bonchev–Trinajstić information content (AvgIpc) is 3.09. The van der Waals surface area contributed by atoms with E-state index in [4.69, 9.17) is 30.2 Å². The van der Waals surface area contributed by atoms with E-state index in [2.05, 4.69) is 0 Å². The number of ether oxygens (including phenoxy) is 3. The fourth-order valence-electron chi connectivity index (χ4n) is 4.22. The van der Waals surface area contributed by atoms with Gasteiger partial charge < -0.3 is 28.6 Å². The van der Waals surface area contributed by atoms with Crippen LogP contribution in [0.4, 0.5) is 0 Å². The molecule has 0 saturated carbocycles. The van der Waals surface area contributed by atoms with Gasteiger partial charge in [-0.15, -0.1) is 0 Å². The number of rotatable bonds is 7. The third-order valence-electron chi connectivity index (χ3n) is 5.81. The first kappa shape index (κ1) is 22.9. The number of fused-ring (bicyclic) bond motifs is 2. The summed E-state index contributed by atoms with van der Waals surface area (Å²) in [4.78, 5) is 28.5. The van der Waals surface area contributed by atoms with Crippen LogP contribution in [0.25, 0.3) is 11.0 Å². The van der Waals surface area contributed by atoms with E-state index in [0.717, 1.165) is 5.56 Å². The zero-order valence-electron chi connectivity index (χ0n) is 18.7. The highest BCUT2D eigenvalue weighted by Crippen LogP contribution is 2.45. The van der Waals surface area contributed by atoms with Crippen molar-refractivity contribution in [1.82, 2.24) is 4.90 Å². The number of aliphatic hydroxyl groups is 1. The first-order chi connectivity index (χ1) is 15.9. The molecule has 1 amide bonds. The summed E-state index contributed by atoms with van der Waals surface area (Å²) in [6, 6.07) is 5.84. The third kappa shape index (κ3) is 3.69. The molecule has 0 bridgehead atoms. The van der Waals surface area contributed by atoms with Gasteiger partial charge in [0.1, 0.15) is 5.58 Å². The number of halogens is 1. The van der Waals surface area contributed by atoms with E-state index in [0.29, 0.717) is 45.2 Å². The molecule has 1 aliphatic heterocycles. The van der Waals surface area contributed by atoms with Crippen LogP contribution < -0.4 is 19.6 Å². The molecule has 174 valence electrons. The zero-order valence-corrected chi connectivity index (χ0v) is 19.5. The summed E-state index contributed by atoms with van der Waals surface area (Å²) in [6.45, 7) is 1.90. The Labute approximate surface area is 195 Å². The number of methoxy groups -OCH3 is 3. The standard InChI is InChI=1S/C24H24ClNO7/c1-12-8-16-14(11-15(12)25)21(28)19-20(26(6-5-7-27)24(29)23(19)33-16)13-9-17(30-2)22(32-4)18(10-13)31-3/h8-11,20,27H,5-7H2,1-4H3/t20-/m0/s1. The van der Waals surface area contributed by atoms with Crippen LogP contribution in [0.3, 0.4) is 0 Å². The molecule has 3 aromatic rings. The van der Waals surface area contributed by atoms with Gasteiger partial charge in [-0.3, -0.25) is 9.59 Å². The molecule has 0 unspecified atom stereocenters. The maximum Gasteiger partial charge on any atom is 0.290 e. The fourth-order valence-corrected chi connectivity index (χ4v) is 4.38. The molecule has 0 radical (unpaired) electrons. The highest BCUT2D eigenvalue weighted by atomic mass is 35.5. The maximum atomic E-state index is 13.6. The molecule has 33 heavy (non-hydrogen) atoms. The van der Waals surface area contributed by atoms with Gasteiger partial charge in [-0.05, 0) is 48.7 Å². The van der Waals surface area contributed by atoms with Gasteiger partial charge in [0, 0.05) is 18.2 Å². The molecule has 2 heterocycles. The Bertz CT molecular complexity index is 1280. The molecule has 0 saturated heterocycles. The van der Waals surface area contributed by atoms with E-state index in [-0.39, 0.29) is 29.9 Å².